The maximum atomic E-state index is 12.4. The maximum Gasteiger partial charge on any atom is 0.292 e. The summed E-state index contributed by atoms with van der Waals surface area (Å²) in [5.41, 5.74) is 4.17. The molecule has 1 N–H and O–H groups in total. The number of benzene rings is 2. The van der Waals surface area contributed by atoms with E-state index < -0.39 is 5.56 Å². The van der Waals surface area contributed by atoms with E-state index in [1.165, 1.54) is 10.9 Å². The van der Waals surface area contributed by atoms with Gasteiger partial charge in [-0.1, -0.05) is 29.8 Å². The molecule has 0 unspecified atom stereocenters. The number of hydrogen-bond acceptors (Lipinski definition) is 5. The summed E-state index contributed by atoms with van der Waals surface area (Å²) in [6.45, 7) is 0. The molecule has 25 heavy (non-hydrogen) atoms. The molecule has 1 heterocycles. The standard InChI is InChI=1S/C18H15ClN4O2/c1-25-15-9-7-13(8-10-15)11-20-22-16-12-21-23(18(24)17(16)19)14-5-3-2-4-6-14/h2-12,22H,1H3/b20-11-. The summed E-state index contributed by atoms with van der Waals surface area (Å²) in [5, 5.41) is 8.23. The van der Waals surface area contributed by atoms with E-state index in [0.717, 1.165) is 11.3 Å². The third-order valence-corrected chi connectivity index (χ3v) is 3.80. The molecule has 0 saturated carbocycles. The van der Waals surface area contributed by atoms with Crippen LogP contribution in [0.5, 0.6) is 5.75 Å². The first-order valence-corrected chi connectivity index (χ1v) is 7.83. The van der Waals surface area contributed by atoms with Gasteiger partial charge in [-0.15, -0.1) is 0 Å². The molecule has 1 aromatic heterocycles. The van der Waals surface area contributed by atoms with E-state index in [-0.39, 0.29) is 5.02 Å². The van der Waals surface area contributed by atoms with Gasteiger partial charge in [0.1, 0.15) is 16.5 Å². The summed E-state index contributed by atoms with van der Waals surface area (Å²) in [6.07, 6.45) is 3.07. The highest BCUT2D eigenvalue weighted by Crippen LogP contribution is 2.16. The molecule has 0 bridgehead atoms. The number of aromatic nitrogens is 2. The minimum Gasteiger partial charge on any atom is -0.497 e. The van der Waals surface area contributed by atoms with Gasteiger partial charge in [0, 0.05) is 0 Å². The molecule has 0 aliphatic carbocycles. The fourth-order valence-electron chi connectivity index (χ4n) is 2.13. The first-order valence-electron chi connectivity index (χ1n) is 7.45. The number of hydrazone groups is 1. The molecule has 0 atom stereocenters. The topological polar surface area (TPSA) is 68.5 Å². The molecule has 0 radical (unpaired) electrons. The van der Waals surface area contributed by atoms with Gasteiger partial charge in [0.15, 0.2) is 0 Å². The Morgan fingerprint density at radius 3 is 2.56 bits per heavy atom. The van der Waals surface area contributed by atoms with Gasteiger partial charge >= 0.3 is 0 Å². The normalized spacial score (nSPS) is 10.8. The minimum atomic E-state index is -0.419. The van der Waals surface area contributed by atoms with Crippen molar-refractivity contribution in [2.45, 2.75) is 0 Å². The lowest BCUT2D eigenvalue weighted by Crippen LogP contribution is -2.22. The number of para-hydroxylation sites is 1. The van der Waals surface area contributed by atoms with Crippen LogP contribution in [0.4, 0.5) is 5.69 Å². The van der Waals surface area contributed by atoms with Crippen molar-refractivity contribution in [3.63, 3.8) is 0 Å². The predicted molar refractivity (Wildman–Crippen MR) is 99.1 cm³/mol. The summed E-state index contributed by atoms with van der Waals surface area (Å²) in [6, 6.07) is 16.4. The molecule has 126 valence electrons. The molecule has 0 amide bonds. The molecular formula is C18H15ClN4O2. The number of hydrogen-bond donors (Lipinski definition) is 1. The van der Waals surface area contributed by atoms with Crippen LogP contribution in [0.25, 0.3) is 5.69 Å². The third-order valence-electron chi connectivity index (χ3n) is 3.43. The molecule has 3 aromatic rings. The SMILES string of the molecule is COc1ccc(/C=N\Nc2cnn(-c3ccccc3)c(=O)c2Cl)cc1. The van der Waals surface area contributed by atoms with Crippen LogP contribution in [0.15, 0.2) is 70.7 Å². The average Bonchev–Trinajstić information content (AvgIpc) is 2.66. The molecular weight excluding hydrogens is 340 g/mol. The van der Waals surface area contributed by atoms with E-state index >= 15 is 0 Å². The van der Waals surface area contributed by atoms with E-state index in [1.807, 2.05) is 42.5 Å². The Bertz CT molecular complexity index is 938. The number of halogens is 1. The molecule has 0 fully saturated rings. The third kappa shape index (κ3) is 3.87. The van der Waals surface area contributed by atoms with E-state index in [0.29, 0.717) is 11.4 Å². The van der Waals surface area contributed by atoms with Crippen molar-refractivity contribution >= 4 is 23.5 Å². The first kappa shape index (κ1) is 16.7. The second kappa shape index (κ2) is 7.63. The van der Waals surface area contributed by atoms with Crippen LogP contribution >= 0.6 is 11.6 Å². The highest BCUT2D eigenvalue weighted by atomic mass is 35.5. The summed E-state index contributed by atoms with van der Waals surface area (Å²) in [4.78, 5) is 12.4. The molecule has 6 nitrogen and oxygen atoms in total. The maximum absolute atomic E-state index is 12.4. The van der Waals surface area contributed by atoms with Gasteiger partial charge in [-0.05, 0) is 42.0 Å². The zero-order valence-electron chi connectivity index (χ0n) is 13.4. The molecule has 3 rings (SSSR count). The van der Waals surface area contributed by atoms with Crippen molar-refractivity contribution in [3.05, 3.63) is 81.7 Å². The van der Waals surface area contributed by atoms with E-state index in [1.54, 1.807) is 25.5 Å². The zero-order valence-corrected chi connectivity index (χ0v) is 14.1. The van der Waals surface area contributed by atoms with Crippen molar-refractivity contribution < 1.29 is 4.74 Å². The zero-order chi connectivity index (χ0) is 17.6. The summed E-state index contributed by atoms with van der Waals surface area (Å²) >= 11 is 6.14. The van der Waals surface area contributed by atoms with Crippen molar-refractivity contribution in [1.82, 2.24) is 9.78 Å². The van der Waals surface area contributed by atoms with Gasteiger partial charge in [-0.25, -0.2) is 0 Å². The van der Waals surface area contributed by atoms with Crippen molar-refractivity contribution in [1.29, 1.82) is 0 Å². The highest BCUT2D eigenvalue weighted by Gasteiger charge is 2.09. The lowest BCUT2D eigenvalue weighted by Gasteiger charge is -2.07. The van der Waals surface area contributed by atoms with Gasteiger partial charge < -0.3 is 4.74 Å². The largest absolute Gasteiger partial charge is 0.497 e. The Hall–Kier alpha value is -3.12. The Morgan fingerprint density at radius 2 is 1.88 bits per heavy atom. The lowest BCUT2D eigenvalue weighted by atomic mass is 10.2. The summed E-state index contributed by atoms with van der Waals surface area (Å²) < 4.78 is 6.33. The molecule has 0 spiro atoms. The number of ether oxygens (including phenoxy) is 1. The lowest BCUT2D eigenvalue weighted by molar-refractivity contribution is 0.415. The second-order valence-electron chi connectivity index (χ2n) is 5.07. The van der Waals surface area contributed by atoms with Gasteiger partial charge in [0.2, 0.25) is 0 Å². The number of anilines is 1. The van der Waals surface area contributed by atoms with Crippen molar-refractivity contribution in [3.8, 4) is 11.4 Å². The Labute approximate surface area is 149 Å². The number of rotatable bonds is 5. The minimum absolute atomic E-state index is 0.0192. The van der Waals surface area contributed by atoms with Gasteiger partial charge in [0.25, 0.3) is 5.56 Å². The Balaban J connectivity index is 1.78. The van der Waals surface area contributed by atoms with E-state index in [2.05, 4.69) is 15.6 Å². The predicted octanol–water partition coefficient (Wildman–Crippen LogP) is 3.34. The van der Waals surface area contributed by atoms with Crippen molar-refractivity contribution in [2.24, 2.45) is 5.10 Å². The summed E-state index contributed by atoms with van der Waals surface area (Å²) in [5.74, 6) is 0.766. The Kier molecular flexibility index (Phi) is 5.11. The Morgan fingerprint density at radius 1 is 1.16 bits per heavy atom. The number of nitrogens with zero attached hydrogens (tertiary/aromatic N) is 3. The van der Waals surface area contributed by atoms with Gasteiger partial charge in [0.05, 0.1) is 25.2 Å². The number of nitrogens with one attached hydrogen (secondary N) is 1. The monoisotopic (exact) mass is 354 g/mol. The van der Waals surface area contributed by atoms with Crippen LogP contribution in [-0.4, -0.2) is 23.1 Å². The average molecular weight is 355 g/mol. The van der Waals surface area contributed by atoms with Gasteiger partial charge in [-0.2, -0.15) is 14.9 Å². The van der Waals surface area contributed by atoms with Crippen LogP contribution in [0.1, 0.15) is 5.56 Å². The molecule has 7 heteroatoms. The second-order valence-corrected chi connectivity index (χ2v) is 5.45. The molecule has 0 aliphatic heterocycles. The fraction of sp³-hybridized carbons (Fsp3) is 0.0556. The quantitative estimate of drug-likeness (QED) is 0.563. The van der Waals surface area contributed by atoms with E-state index in [9.17, 15) is 4.79 Å². The van der Waals surface area contributed by atoms with Crippen LogP contribution in [0, 0.1) is 0 Å². The van der Waals surface area contributed by atoms with Crippen LogP contribution < -0.4 is 15.7 Å². The van der Waals surface area contributed by atoms with E-state index in [4.69, 9.17) is 16.3 Å². The summed E-state index contributed by atoms with van der Waals surface area (Å²) in [7, 11) is 1.61. The number of methoxy groups -OCH3 is 1. The molecule has 0 aliphatic rings. The molecule has 0 saturated heterocycles. The molecule has 2 aromatic carbocycles. The highest BCUT2D eigenvalue weighted by molar-refractivity contribution is 6.32. The first-order chi connectivity index (χ1) is 12.2. The van der Waals surface area contributed by atoms with Gasteiger partial charge in [-0.3, -0.25) is 10.2 Å². The fourth-order valence-corrected chi connectivity index (χ4v) is 2.30. The van der Waals surface area contributed by atoms with Crippen LogP contribution in [0.2, 0.25) is 5.02 Å². The van der Waals surface area contributed by atoms with Crippen LogP contribution in [0.3, 0.4) is 0 Å². The smallest absolute Gasteiger partial charge is 0.292 e. The van der Waals surface area contributed by atoms with Crippen LogP contribution in [-0.2, 0) is 0 Å². The van der Waals surface area contributed by atoms with Crippen molar-refractivity contribution in [2.75, 3.05) is 12.5 Å².